The van der Waals surface area contributed by atoms with Gasteiger partial charge in [-0.3, -0.25) is 0 Å². The van der Waals surface area contributed by atoms with E-state index < -0.39 is 29.2 Å². The van der Waals surface area contributed by atoms with Crippen LogP contribution >= 0.6 is 17.2 Å². The fourth-order valence-electron chi connectivity index (χ4n) is 3.21. The molecule has 0 aliphatic carbocycles. The van der Waals surface area contributed by atoms with Crippen molar-refractivity contribution in [3.8, 4) is 5.75 Å². The molecule has 0 heterocycles. The maximum absolute atomic E-state index is 10.1. The molecule has 1 aromatic rings. The highest BCUT2D eigenvalue weighted by Gasteiger charge is 2.36. The van der Waals surface area contributed by atoms with Crippen molar-refractivity contribution in [3.05, 3.63) is 28.8 Å². The lowest BCUT2D eigenvalue weighted by Gasteiger charge is -2.36. The van der Waals surface area contributed by atoms with Crippen LogP contribution in [-0.2, 0) is 25.3 Å². The molecule has 33 heavy (non-hydrogen) atoms. The Morgan fingerprint density at radius 2 is 1.06 bits per heavy atom. The van der Waals surface area contributed by atoms with Crippen LogP contribution in [0.25, 0.3) is 0 Å². The van der Waals surface area contributed by atoms with Crippen molar-refractivity contribution in [2.45, 2.75) is 78.6 Å². The third-order valence-corrected chi connectivity index (χ3v) is 6.12. The second-order valence-electron chi connectivity index (χ2n) is 11.6. The highest BCUT2D eigenvalue weighted by Crippen LogP contribution is 2.44. The van der Waals surface area contributed by atoms with Crippen LogP contribution in [-0.4, -0.2) is 51.1 Å². The summed E-state index contributed by atoms with van der Waals surface area (Å²) in [5.74, 6) is 0.686. The summed E-state index contributed by atoms with van der Waals surface area (Å²) in [4.78, 5) is 36.9. The smallest absolute Gasteiger partial charge is 0.327 e. The van der Waals surface area contributed by atoms with Crippen molar-refractivity contribution in [2.24, 2.45) is 5.41 Å². The number of benzene rings is 1. The maximum Gasteiger partial charge on any atom is 0.327 e. The largest absolute Gasteiger partial charge is 0.492 e. The average molecular weight is 509 g/mol. The van der Waals surface area contributed by atoms with Gasteiger partial charge in [-0.25, -0.2) is 0 Å². The van der Waals surface area contributed by atoms with Crippen molar-refractivity contribution in [1.82, 2.24) is 0 Å². The normalized spacial score (nSPS) is 13.8. The molecule has 8 nitrogen and oxygen atoms in total. The Bertz CT molecular complexity index is 714. The first-order valence-corrected chi connectivity index (χ1v) is 13.2. The van der Waals surface area contributed by atoms with Crippen LogP contribution in [0.1, 0.15) is 79.0 Å². The van der Waals surface area contributed by atoms with Crippen LogP contribution in [0.4, 0.5) is 0 Å². The summed E-state index contributed by atoms with van der Waals surface area (Å²) in [6.07, 6.45) is 0. The van der Waals surface area contributed by atoms with Crippen LogP contribution in [0.15, 0.2) is 12.1 Å². The number of hydrogen-bond acceptors (Lipinski definition) is 8. The first kappa shape index (κ1) is 30.6. The van der Waals surface area contributed by atoms with E-state index in [1.54, 1.807) is 0 Å². The van der Waals surface area contributed by atoms with E-state index in [1.807, 2.05) is 0 Å². The van der Waals surface area contributed by atoms with Gasteiger partial charge in [0.1, 0.15) is 12.4 Å². The molecule has 0 aromatic heterocycles. The highest BCUT2D eigenvalue weighted by atomic mass is 31.2. The van der Waals surface area contributed by atoms with Crippen molar-refractivity contribution in [2.75, 3.05) is 26.4 Å². The van der Waals surface area contributed by atoms with Crippen molar-refractivity contribution in [1.29, 1.82) is 0 Å². The number of rotatable bonds is 10. The van der Waals surface area contributed by atoms with Crippen molar-refractivity contribution in [3.63, 3.8) is 0 Å². The quantitative estimate of drug-likeness (QED) is 0.294. The molecule has 0 aliphatic rings. The van der Waals surface area contributed by atoms with E-state index >= 15 is 0 Å². The van der Waals surface area contributed by atoms with Gasteiger partial charge in [0.25, 0.3) is 0 Å². The van der Waals surface area contributed by atoms with E-state index in [4.69, 9.17) is 13.8 Å². The molecule has 0 fully saturated rings. The Morgan fingerprint density at radius 3 is 1.33 bits per heavy atom. The van der Waals surface area contributed by atoms with Gasteiger partial charge in [0.05, 0.1) is 25.2 Å². The molecule has 0 bridgehead atoms. The lowest BCUT2D eigenvalue weighted by atomic mass is 9.74. The Hall–Kier alpha value is -0.400. The topological polar surface area (TPSA) is 129 Å². The van der Waals surface area contributed by atoms with Gasteiger partial charge in [-0.2, -0.15) is 0 Å². The summed E-state index contributed by atoms with van der Waals surface area (Å²) < 4.78 is 16.3. The second kappa shape index (κ2) is 11.6. The molecule has 5 N–H and O–H groups in total. The zero-order chi connectivity index (χ0) is 25.8. The molecule has 0 radical (unpaired) electrons. The van der Waals surface area contributed by atoms with Gasteiger partial charge >= 0.3 is 17.2 Å². The Balaban J connectivity index is 3.57. The molecule has 1 rings (SSSR count). The minimum absolute atomic E-state index is 0.0755. The van der Waals surface area contributed by atoms with Crippen LogP contribution in [0, 0.1) is 5.41 Å². The fraction of sp³-hybridized carbons (Fsp3) is 0.739. The van der Waals surface area contributed by atoms with Gasteiger partial charge in [0, 0.05) is 11.1 Å². The van der Waals surface area contributed by atoms with Gasteiger partial charge < -0.3 is 38.5 Å². The summed E-state index contributed by atoms with van der Waals surface area (Å²) >= 11 is 0. The predicted molar refractivity (Wildman–Crippen MR) is 132 cm³/mol. The van der Waals surface area contributed by atoms with Crippen molar-refractivity contribution >= 4 is 17.2 Å². The molecule has 10 heteroatoms. The molecule has 1 aromatic carbocycles. The molecule has 0 amide bonds. The van der Waals surface area contributed by atoms with Gasteiger partial charge in [-0.1, -0.05) is 74.4 Å². The number of aliphatic hydroxyl groups is 1. The second-order valence-corrected chi connectivity index (χ2v) is 13.2. The van der Waals surface area contributed by atoms with Gasteiger partial charge in [0.15, 0.2) is 0 Å². The minimum atomic E-state index is -2.67. The molecule has 0 aliphatic heterocycles. The Morgan fingerprint density at radius 1 is 0.667 bits per heavy atom. The van der Waals surface area contributed by atoms with Gasteiger partial charge in [0.2, 0.25) is 0 Å². The van der Waals surface area contributed by atoms with E-state index in [0.717, 1.165) is 11.1 Å². The zero-order valence-corrected chi connectivity index (χ0v) is 23.1. The third-order valence-electron chi connectivity index (χ3n) is 5.40. The van der Waals surface area contributed by atoms with Crippen LogP contribution < -0.4 is 4.74 Å². The third kappa shape index (κ3) is 9.29. The van der Waals surface area contributed by atoms with E-state index in [1.165, 1.54) is 5.56 Å². The lowest BCUT2D eigenvalue weighted by Crippen LogP contribution is -2.41. The van der Waals surface area contributed by atoms with Crippen molar-refractivity contribution < 1.29 is 38.5 Å². The molecular formula is C23H42O8P2. The summed E-state index contributed by atoms with van der Waals surface area (Å²) in [6, 6.07) is 4.30. The molecule has 0 atom stereocenters. The summed E-state index contributed by atoms with van der Waals surface area (Å²) in [5.41, 5.74) is 1.38. The summed E-state index contributed by atoms with van der Waals surface area (Å²) in [7, 11) is -5.34. The monoisotopic (exact) mass is 508 g/mol. The SMILES string of the molecule is CC(C)(C)c1cc(C(C)(C)C)c(OCC(CO)(COP(O)O)COP(O)O)c(C(C)(C)C)c1. The van der Waals surface area contributed by atoms with Crippen LogP contribution in [0.5, 0.6) is 5.75 Å². The first-order chi connectivity index (χ1) is 14.8. The molecular weight excluding hydrogens is 466 g/mol. The van der Waals surface area contributed by atoms with Crippen LogP contribution in [0.3, 0.4) is 0 Å². The lowest BCUT2D eigenvalue weighted by molar-refractivity contribution is -0.0169. The van der Waals surface area contributed by atoms with E-state index in [0.29, 0.717) is 5.75 Å². The van der Waals surface area contributed by atoms with Gasteiger partial charge in [-0.05, 0) is 21.8 Å². The molecule has 0 saturated carbocycles. The standard InChI is InChI=1S/C23H42O8P2/c1-20(2,3)16-10-17(21(4,5)6)19(18(11-16)22(7,8)9)29-13-23(12-24,14-30-32(25)26)15-31-33(27)28/h10-11,24-28H,12-15H2,1-9H3. The predicted octanol–water partition coefficient (Wildman–Crippen LogP) is 4.39. The number of ether oxygens (including phenoxy) is 1. The molecule has 0 unspecified atom stereocenters. The van der Waals surface area contributed by atoms with Gasteiger partial charge in [-0.15, -0.1) is 0 Å². The van der Waals surface area contributed by atoms with E-state index in [2.05, 4.69) is 74.4 Å². The first-order valence-electron chi connectivity index (χ1n) is 10.9. The Kier molecular flexibility index (Phi) is 10.7. The summed E-state index contributed by atoms with van der Waals surface area (Å²) in [5, 5.41) is 10.1. The van der Waals surface area contributed by atoms with Crippen LogP contribution in [0.2, 0.25) is 0 Å². The zero-order valence-electron chi connectivity index (χ0n) is 21.3. The summed E-state index contributed by atoms with van der Waals surface area (Å²) in [6.45, 7) is 17.9. The van der Waals surface area contributed by atoms with E-state index in [9.17, 15) is 24.7 Å². The molecule has 192 valence electrons. The highest BCUT2D eigenvalue weighted by molar-refractivity contribution is 7.39. The molecule has 0 spiro atoms. The molecule has 0 saturated heterocycles. The number of aliphatic hydroxyl groups excluding tert-OH is 1. The van der Waals surface area contributed by atoms with E-state index in [-0.39, 0.29) is 36.1 Å². The maximum atomic E-state index is 10.1. The Labute approximate surface area is 200 Å². The fourth-order valence-corrected chi connectivity index (χ4v) is 3.99. The number of hydrogen-bond donors (Lipinski definition) is 5. The average Bonchev–Trinajstić information content (AvgIpc) is 2.64. The minimum Gasteiger partial charge on any atom is -0.492 e.